The zero-order valence-corrected chi connectivity index (χ0v) is 76.7. The fourth-order valence-corrected chi connectivity index (χ4v) is 23.2. The number of nitrogens with zero attached hydrogens (tertiary/aromatic N) is 12. The van der Waals surface area contributed by atoms with Gasteiger partial charge in [-0.2, -0.15) is 29.9 Å². The Balaban J connectivity index is 0.0000000986. The summed E-state index contributed by atoms with van der Waals surface area (Å²) in [6.45, 7) is 0. The summed E-state index contributed by atoms with van der Waals surface area (Å²) in [6, 6.07) is 152. The maximum absolute atomic E-state index is 6.82. The van der Waals surface area contributed by atoms with Gasteiger partial charge in [0.25, 0.3) is 0 Å². The zero-order chi connectivity index (χ0) is 94.0. The molecule has 0 radical (unpaired) electrons. The Morgan fingerprint density at radius 3 is 0.819 bits per heavy atom. The molecule has 0 fully saturated rings. The Morgan fingerprint density at radius 1 is 0.146 bits per heavy atom. The molecular weight excluding hydrogens is 1770 g/mol. The van der Waals surface area contributed by atoms with E-state index in [4.69, 9.17) is 58.1 Å². The molecule has 0 bridgehead atoms. The van der Waals surface area contributed by atoms with E-state index in [-0.39, 0.29) is 0 Å². The monoisotopic (exact) mass is 1840 g/mol. The predicted octanol–water partition coefficient (Wildman–Crippen LogP) is 33.3. The van der Waals surface area contributed by atoms with Gasteiger partial charge in [0.15, 0.2) is 34.9 Å². The van der Waals surface area contributed by atoms with Crippen molar-refractivity contribution in [2.75, 3.05) is 0 Å². The Bertz CT molecular complexity index is 10800. The summed E-state index contributed by atoms with van der Waals surface area (Å²) >= 11 is 0. The Kier molecular flexibility index (Phi) is 17.0. The molecule has 0 unspecified atom stereocenters. The highest BCUT2D eigenvalue weighted by Crippen LogP contribution is 2.54. The van der Waals surface area contributed by atoms with Gasteiger partial charge in [-0.05, 0) is 171 Å². The highest BCUT2D eigenvalue weighted by molar-refractivity contribution is 6.44. The van der Waals surface area contributed by atoms with Crippen molar-refractivity contribution < 1.29 is 13.3 Å². The second-order valence-electron chi connectivity index (χ2n) is 37.2. The first-order chi connectivity index (χ1) is 71.4. The van der Waals surface area contributed by atoms with Crippen molar-refractivity contribution in [1.29, 1.82) is 0 Å². The molecule has 9 aromatic heterocycles. The third-order valence-electron chi connectivity index (χ3n) is 29.3. The minimum Gasteiger partial charge on any atom is -0.456 e. The summed E-state index contributed by atoms with van der Waals surface area (Å²) in [5.41, 5.74) is 17.1. The quantitative estimate of drug-likeness (QED) is 0.134. The number of hydrogen-bond acceptors (Lipinski definition) is 12. The van der Waals surface area contributed by atoms with Crippen LogP contribution < -0.4 is 0 Å². The minimum atomic E-state index is 0.574. The maximum atomic E-state index is 6.82. The van der Waals surface area contributed by atoms with Crippen molar-refractivity contribution >= 4 is 228 Å². The third kappa shape index (κ3) is 11.8. The maximum Gasteiger partial charge on any atom is 0.238 e. The first-order valence-corrected chi connectivity index (χ1v) is 48.4. The van der Waals surface area contributed by atoms with Gasteiger partial charge in [0.05, 0.1) is 33.1 Å². The fraction of sp³-hybridized carbons (Fsp3) is 0. The van der Waals surface area contributed by atoms with Crippen LogP contribution in [0.15, 0.2) is 450 Å². The first-order valence-electron chi connectivity index (χ1n) is 48.4. The van der Waals surface area contributed by atoms with Crippen LogP contribution in [0.5, 0.6) is 0 Å². The molecule has 15 heteroatoms. The topological polar surface area (TPSA) is 170 Å². The highest BCUT2D eigenvalue weighted by Gasteiger charge is 2.32. The number of rotatable bonds is 9. The Labute approximate surface area is 817 Å². The largest absolute Gasteiger partial charge is 0.456 e. The molecule has 0 spiro atoms. The van der Waals surface area contributed by atoms with Crippen molar-refractivity contribution in [1.82, 2.24) is 58.6 Å². The van der Waals surface area contributed by atoms with Gasteiger partial charge < -0.3 is 13.3 Å². The number of hydrogen-bond donors (Lipinski definition) is 0. The van der Waals surface area contributed by atoms with E-state index in [9.17, 15) is 0 Å². The molecule has 0 aliphatic rings. The second kappa shape index (κ2) is 30.9. The smallest absolute Gasteiger partial charge is 0.238 e. The average molecular weight is 1840 g/mol. The van der Waals surface area contributed by atoms with Gasteiger partial charge in [-0.15, -0.1) is 0 Å². The van der Waals surface area contributed by atoms with Crippen molar-refractivity contribution in [3.05, 3.63) is 437 Å². The van der Waals surface area contributed by atoms with E-state index in [0.717, 1.165) is 181 Å². The molecule has 15 nitrogen and oxygen atoms in total. The van der Waals surface area contributed by atoms with Crippen LogP contribution >= 0.6 is 0 Å². The third-order valence-corrected chi connectivity index (χ3v) is 29.3. The van der Waals surface area contributed by atoms with Gasteiger partial charge in [-0.25, -0.2) is 15.0 Å². The average Bonchev–Trinajstić information content (AvgIpc) is 1.53. The van der Waals surface area contributed by atoms with Crippen LogP contribution in [-0.4, -0.2) is 58.6 Å². The van der Waals surface area contributed by atoms with Gasteiger partial charge in [0, 0.05) is 109 Å². The zero-order valence-electron chi connectivity index (χ0n) is 76.7. The molecule has 0 saturated heterocycles. The molecule has 0 atom stereocenters. The van der Waals surface area contributed by atoms with E-state index in [0.29, 0.717) is 52.8 Å². The highest BCUT2D eigenvalue weighted by atomic mass is 16.3. The molecule has 144 heavy (non-hydrogen) atoms. The SMILES string of the molecule is c1ccc(-c2nc(-c3ccccc3)nc(-n3c4ccc5oc6cccc7c8ccccc8c8cc9ccccc9c3c8c4c5c67)n2)cc1.c1ccc(-c2nc(-c3ccccc3)nc(-n3c4cccc5c6cc7ccccc7cc6c6cccc7oc8ccc3c(c8c76)c54)n2)cc1.c1ccc(-c2nc(-c3ccccc3)nc(-n3c4cccc5c6ccccc6c6cc7ccccc7c7oc8ccc3c(c8c67)c54)n2)cc1. The summed E-state index contributed by atoms with van der Waals surface area (Å²) in [5.74, 6) is 5.49. The summed E-state index contributed by atoms with van der Waals surface area (Å²) in [4.78, 5) is 46.1. The lowest BCUT2D eigenvalue weighted by Gasteiger charge is -2.12. The van der Waals surface area contributed by atoms with E-state index >= 15 is 0 Å². The summed E-state index contributed by atoms with van der Waals surface area (Å²) < 4.78 is 26.7. The van der Waals surface area contributed by atoms with Gasteiger partial charge >= 0.3 is 0 Å². The molecule has 666 valence electrons. The molecule has 0 aliphatic carbocycles. The summed E-state index contributed by atoms with van der Waals surface area (Å²) in [6.07, 6.45) is 0. The number of aromatic nitrogens is 12. The summed E-state index contributed by atoms with van der Waals surface area (Å²) in [7, 11) is 0. The van der Waals surface area contributed by atoms with Gasteiger partial charge in [0.2, 0.25) is 17.8 Å². The molecule has 0 aliphatic heterocycles. The summed E-state index contributed by atoms with van der Waals surface area (Å²) in [5, 5.41) is 34.9. The van der Waals surface area contributed by atoms with Crippen LogP contribution in [0, 0.1) is 0 Å². The Hall–Kier alpha value is -19.8. The molecule has 9 heterocycles. The predicted molar refractivity (Wildman–Crippen MR) is 588 cm³/mol. The van der Waals surface area contributed by atoms with Crippen molar-refractivity contribution in [2.45, 2.75) is 0 Å². The number of benzene rings is 21. The van der Waals surface area contributed by atoms with Crippen LogP contribution in [0.25, 0.3) is 314 Å². The molecule has 24 aromatic carbocycles. The van der Waals surface area contributed by atoms with Crippen LogP contribution in [0.4, 0.5) is 0 Å². The van der Waals surface area contributed by atoms with E-state index < -0.39 is 0 Å². The minimum absolute atomic E-state index is 0.574. The first kappa shape index (κ1) is 79.3. The molecular formula is C129H72N12O3. The Morgan fingerprint density at radius 2 is 0.410 bits per heavy atom. The van der Waals surface area contributed by atoms with Gasteiger partial charge in [-0.1, -0.05) is 352 Å². The lowest BCUT2D eigenvalue weighted by Crippen LogP contribution is -2.06. The molecule has 0 saturated carbocycles. The van der Waals surface area contributed by atoms with E-state index in [1.54, 1.807) is 0 Å². The lowest BCUT2D eigenvalue weighted by atomic mass is 9.93. The van der Waals surface area contributed by atoms with Crippen molar-refractivity contribution in [3.8, 4) is 86.2 Å². The van der Waals surface area contributed by atoms with Gasteiger partial charge in [-0.3, -0.25) is 13.7 Å². The van der Waals surface area contributed by atoms with Crippen molar-refractivity contribution in [3.63, 3.8) is 0 Å². The van der Waals surface area contributed by atoms with E-state index in [1.807, 2.05) is 158 Å². The molecule has 0 amide bonds. The van der Waals surface area contributed by atoms with E-state index in [1.165, 1.54) is 80.8 Å². The normalized spacial score (nSPS) is 12.2. The molecule has 33 rings (SSSR count). The molecule has 33 aromatic rings. The van der Waals surface area contributed by atoms with Crippen molar-refractivity contribution in [2.24, 2.45) is 0 Å². The lowest BCUT2D eigenvalue weighted by molar-refractivity contribution is 0.669. The fourth-order valence-electron chi connectivity index (χ4n) is 23.2. The standard InChI is InChI=1S/3C43H24N4O/c1-3-11-25(12-4-1)41-44-42(26-13-5-2-6-14-26)46-43(45-41)47-33-19-9-17-29-31-23-27-15-7-8-16-28(27)24-32(31)30-18-10-20-35-38(30)40-36(48-35)22-21-34(47)39(40)37(29)33;1-3-12-25(13-4-1)41-44-42(26-14-5-2-6-15-26)46-43(45-41)47-33-22-23-35-39-36-31(20-11-21-34(36)48-35)29-18-9-10-19-30(29)32-24-27-16-7-8-17-28(27)40(47)37(32)38(33)39;1-3-12-25(13-4-1)41-44-42(26-14-5-2-6-15-26)46-43(45-41)47-33-21-11-20-31-29-18-9-10-19-30(29)32-24-27-16-7-8-17-28(27)40-37(32)39-35(48-40)23-22-34(47)38(39)36(31)33/h3*1-24H. The molecule has 0 N–H and O–H groups in total. The van der Waals surface area contributed by atoms with Crippen LogP contribution in [0.1, 0.15) is 0 Å². The van der Waals surface area contributed by atoms with E-state index in [2.05, 4.69) is 293 Å². The van der Waals surface area contributed by atoms with Crippen LogP contribution in [-0.2, 0) is 0 Å². The number of furan rings is 3. The second-order valence-corrected chi connectivity index (χ2v) is 37.2. The number of fused-ring (bicyclic) bond motifs is 14. The van der Waals surface area contributed by atoms with Crippen LogP contribution in [0.2, 0.25) is 0 Å². The van der Waals surface area contributed by atoms with Gasteiger partial charge in [0.1, 0.15) is 33.5 Å². The van der Waals surface area contributed by atoms with Crippen LogP contribution in [0.3, 0.4) is 0 Å².